The lowest BCUT2D eigenvalue weighted by atomic mass is 10.1. The molecule has 0 unspecified atom stereocenters. The van der Waals surface area contributed by atoms with Crippen LogP contribution in [0.5, 0.6) is 5.75 Å². The number of hydrogen-bond acceptors (Lipinski definition) is 5. The molecule has 0 spiro atoms. The summed E-state index contributed by atoms with van der Waals surface area (Å²) in [5.41, 5.74) is 11.3. The van der Waals surface area contributed by atoms with Crippen LogP contribution in [0.1, 0.15) is 81.5 Å². The number of phenols is 1. The summed E-state index contributed by atoms with van der Waals surface area (Å²) in [4.78, 5) is 26.0. The highest BCUT2D eigenvalue weighted by atomic mass is 16.3. The van der Waals surface area contributed by atoms with Gasteiger partial charge in [-0.25, -0.2) is 0 Å². The van der Waals surface area contributed by atoms with E-state index in [1.807, 2.05) is 0 Å². The molecule has 152 valence electrons. The summed E-state index contributed by atoms with van der Waals surface area (Å²) in [5.74, 6) is -0.949. The minimum atomic E-state index is -1.21. The van der Waals surface area contributed by atoms with E-state index in [0.717, 1.165) is 24.2 Å². The number of amides is 2. The Kier molecular flexibility index (Phi) is 11.4. The number of carbonyl (C=O) groups excluding carboxylic acids is 2. The molecule has 2 amide bonds. The number of nitrogens with zero attached hydrogens (tertiary/aromatic N) is 1. The molecule has 1 aromatic rings. The van der Waals surface area contributed by atoms with E-state index in [0.29, 0.717) is 12.1 Å². The summed E-state index contributed by atoms with van der Waals surface area (Å²) in [6.45, 7) is 2.53. The Morgan fingerprint density at radius 3 is 1.85 bits per heavy atom. The van der Waals surface area contributed by atoms with Crippen molar-refractivity contribution in [3.8, 4) is 5.75 Å². The average Bonchev–Trinajstić information content (AvgIpc) is 2.66. The second-order valence-corrected chi connectivity index (χ2v) is 7.05. The van der Waals surface area contributed by atoms with Crippen molar-refractivity contribution in [1.82, 2.24) is 4.90 Å². The van der Waals surface area contributed by atoms with Gasteiger partial charge in [-0.1, -0.05) is 64.7 Å². The smallest absolute Gasteiger partial charge is 0.260 e. The van der Waals surface area contributed by atoms with E-state index in [1.165, 1.54) is 69.2 Å². The van der Waals surface area contributed by atoms with Gasteiger partial charge in [-0.2, -0.15) is 0 Å². The van der Waals surface area contributed by atoms with E-state index in [4.69, 9.17) is 11.5 Å². The number of aromatic hydroxyl groups is 1. The number of imide groups is 1. The molecule has 0 radical (unpaired) electrons. The maximum absolute atomic E-state index is 12.6. The minimum Gasteiger partial charge on any atom is -0.508 e. The van der Waals surface area contributed by atoms with Gasteiger partial charge in [0.1, 0.15) is 11.9 Å². The molecule has 27 heavy (non-hydrogen) atoms. The average molecular weight is 378 g/mol. The summed E-state index contributed by atoms with van der Waals surface area (Å²) in [6.07, 6.45) is 10.5. The van der Waals surface area contributed by atoms with Crippen LogP contribution in [-0.4, -0.2) is 34.5 Å². The van der Waals surface area contributed by atoms with Crippen LogP contribution < -0.4 is 11.5 Å². The third-order valence-electron chi connectivity index (χ3n) is 4.65. The van der Waals surface area contributed by atoms with Gasteiger partial charge in [0.15, 0.2) is 0 Å². The lowest BCUT2D eigenvalue weighted by Gasteiger charge is -2.22. The summed E-state index contributed by atoms with van der Waals surface area (Å²) < 4.78 is 0. The van der Waals surface area contributed by atoms with Crippen molar-refractivity contribution < 1.29 is 14.7 Å². The lowest BCUT2D eigenvalue weighted by molar-refractivity contribution is -0.129. The number of rotatable bonds is 13. The molecule has 0 aromatic heterocycles. The largest absolute Gasteiger partial charge is 0.508 e. The van der Waals surface area contributed by atoms with Gasteiger partial charge < -0.3 is 16.6 Å². The Bertz CT molecular complexity index is 558. The Hall–Kier alpha value is -1.92. The van der Waals surface area contributed by atoms with Crippen molar-refractivity contribution in [2.24, 2.45) is 11.5 Å². The monoisotopic (exact) mass is 377 g/mol. The molecule has 0 bridgehead atoms. The number of phenolic OH excluding ortho intramolecular Hbond substituents is 1. The third kappa shape index (κ3) is 9.02. The summed E-state index contributed by atoms with van der Waals surface area (Å²) in [7, 11) is 0. The van der Waals surface area contributed by atoms with Crippen LogP contribution in [0.15, 0.2) is 24.3 Å². The van der Waals surface area contributed by atoms with Crippen LogP contribution in [0.3, 0.4) is 0 Å². The van der Waals surface area contributed by atoms with Crippen LogP contribution in [0.2, 0.25) is 0 Å². The van der Waals surface area contributed by atoms with Gasteiger partial charge in [-0.3, -0.25) is 14.5 Å². The normalized spacial score (nSPS) is 11.0. The number of carbonyl (C=O) groups is 2. The van der Waals surface area contributed by atoms with Gasteiger partial charge in [-0.05, 0) is 30.7 Å². The second-order valence-electron chi connectivity index (χ2n) is 7.05. The molecule has 1 aromatic carbocycles. The van der Waals surface area contributed by atoms with E-state index in [2.05, 4.69) is 6.92 Å². The molecule has 0 aliphatic heterocycles. The first-order valence-electron chi connectivity index (χ1n) is 10.1. The van der Waals surface area contributed by atoms with Crippen LogP contribution in [0.25, 0.3) is 0 Å². The van der Waals surface area contributed by atoms with E-state index in [-0.39, 0.29) is 5.75 Å². The fourth-order valence-corrected chi connectivity index (χ4v) is 3.01. The van der Waals surface area contributed by atoms with Crippen LogP contribution in [0, 0.1) is 0 Å². The van der Waals surface area contributed by atoms with Gasteiger partial charge in [0, 0.05) is 12.1 Å². The molecule has 1 rings (SSSR count). The second kappa shape index (κ2) is 13.3. The minimum absolute atomic E-state index is 0.0645. The van der Waals surface area contributed by atoms with Gasteiger partial charge in [0.05, 0.1) is 0 Å². The van der Waals surface area contributed by atoms with Crippen molar-refractivity contribution in [3.63, 3.8) is 0 Å². The SMILES string of the molecule is CCCCCCCCCCCCN(C(=O)c1ccc(O)cc1)C(=O)C(N)N. The lowest BCUT2D eigenvalue weighted by Crippen LogP contribution is -2.51. The first-order valence-corrected chi connectivity index (χ1v) is 10.1. The van der Waals surface area contributed by atoms with E-state index in [1.54, 1.807) is 0 Å². The molecule has 0 atom stereocenters. The van der Waals surface area contributed by atoms with E-state index < -0.39 is 18.0 Å². The number of nitrogens with two attached hydrogens (primary N) is 2. The number of hydrogen-bond donors (Lipinski definition) is 3. The number of benzene rings is 1. The van der Waals surface area contributed by atoms with Gasteiger partial charge in [0.25, 0.3) is 11.8 Å². The van der Waals surface area contributed by atoms with E-state index >= 15 is 0 Å². The summed E-state index contributed by atoms with van der Waals surface area (Å²) in [5, 5.41) is 9.35. The fourth-order valence-electron chi connectivity index (χ4n) is 3.01. The van der Waals surface area contributed by atoms with Gasteiger partial charge >= 0.3 is 0 Å². The first kappa shape index (κ1) is 23.1. The van der Waals surface area contributed by atoms with Gasteiger partial charge in [-0.15, -0.1) is 0 Å². The molecular formula is C21H35N3O3. The summed E-state index contributed by atoms with van der Waals surface area (Å²) in [6, 6.07) is 5.80. The zero-order chi connectivity index (χ0) is 20.1. The standard InChI is InChI=1S/C21H35N3O3/c1-2-3-4-5-6-7-8-9-10-11-16-24(21(27)19(22)23)20(26)17-12-14-18(25)15-13-17/h12-15,19,25H,2-11,16,22-23H2,1H3. The number of unbranched alkanes of at least 4 members (excludes halogenated alkanes) is 9. The molecule has 6 nitrogen and oxygen atoms in total. The van der Waals surface area contributed by atoms with Crippen molar-refractivity contribution >= 4 is 11.8 Å². The highest BCUT2D eigenvalue weighted by Gasteiger charge is 2.25. The van der Waals surface area contributed by atoms with Crippen molar-refractivity contribution in [2.45, 2.75) is 77.3 Å². The zero-order valence-corrected chi connectivity index (χ0v) is 16.5. The maximum Gasteiger partial charge on any atom is 0.260 e. The predicted molar refractivity (Wildman–Crippen MR) is 108 cm³/mol. The van der Waals surface area contributed by atoms with Crippen LogP contribution >= 0.6 is 0 Å². The van der Waals surface area contributed by atoms with Crippen molar-refractivity contribution in [2.75, 3.05) is 6.54 Å². The third-order valence-corrected chi connectivity index (χ3v) is 4.65. The molecule has 0 fully saturated rings. The van der Waals surface area contributed by atoms with Crippen molar-refractivity contribution in [1.29, 1.82) is 0 Å². The molecule has 0 saturated heterocycles. The Labute approximate surface area is 162 Å². The summed E-state index contributed by atoms with van der Waals surface area (Å²) >= 11 is 0. The Morgan fingerprint density at radius 2 is 1.37 bits per heavy atom. The quantitative estimate of drug-likeness (QED) is 0.360. The molecule has 0 heterocycles. The molecule has 0 aliphatic carbocycles. The van der Waals surface area contributed by atoms with Gasteiger partial charge in [0.2, 0.25) is 0 Å². The zero-order valence-electron chi connectivity index (χ0n) is 16.5. The Balaban J connectivity index is 2.39. The molecule has 0 aliphatic rings. The highest BCUT2D eigenvalue weighted by Crippen LogP contribution is 2.14. The maximum atomic E-state index is 12.6. The topological polar surface area (TPSA) is 110 Å². The van der Waals surface area contributed by atoms with Crippen LogP contribution in [-0.2, 0) is 4.79 Å². The predicted octanol–water partition coefficient (Wildman–Crippen LogP) is 3.53. The van der Waals surface area contributed by atoms with E-state index in [9.17, 15) is 14.7 Å². The highest BCUT2D eigenvalue weighted by molar-refractivity contribution is 6.05. The molecular weight excluding hydrogens is 342 g/mol. The molecule has 0 saturated carbocycles. The fraction of sp³-hybridized carbons (Fsp3) is 0.619. The molecule has 6 heteroatoms. The van der Waals surface area contributed by atoms with Crippen LogP contribution in [0.4, 0.5) is 0 Å². The Morgan fingerprint density at radius 1 is 0.889 bits per heavy atom. The molecule has 5 N–H and O–H groups in total. The van der Waals surface area contributed by atoms with Crippen molar-refractivity contribution in [3.05, 3.63) is 29.8 Å². The first-order chi connectivity index (χ1) is 13.0.